The van der Waals surface area contributed by atoms with Crippen molar-refractivity contribution in [2.45, 2.75) is 6.92 Å². The van der Waals surface area contributed by atoms with E-state index in [1.54, 1.807) is 18.2 Å². The van der Waals surface area contributed by atoms with Gasteiger partial charge in [0.25, 0.3) is 5.91 Å². The Labute approximate surface area is 115 Å². The summed E-state index contributed by atoms with van der Waals surface area (Å²) < 4.78 is 0. The molecule has 0 radical (unpaired) electrons. The number of aryl methyl sites for hydroxylation is 1. The van der Waals surface area contributed by atoms with Crippen LogP contribution in [0, 0.1) is 18.3 Å². The van der Waals surface area contributed by atoms with E-state index in [-0.39, 0.29) is 11.5 Å². The van der Waals surface area contributed by atoms with Crippen LogP contribution in [0.5, 0.6) is 0 Å². The Morgan fingerprint density at radius 1 is 1.32 bits per heavy atom. The maximum absolute atomic E-state index is 12.0. The molecule has 0 aliphatic carbocycles. The lowest BCUT2D eigenvalue weighted by Crippen LogP contribution is -2.13. The molecule has 2 aromatic rings. The van der Waals surface area contributed by atoms with Gasteiger partial charge in [0.05, 0.1) is 0 Å². The van der Waals surface area contributed by atoms with Crippen molar-refractivity contribution >= 4 is 29.0 Å². The number of hydrogen-bond acceptors (Lipinski definition) is 3. The molecule has 1 amide bonds. The average molecular weight is 268 g/mol. The summed E-state index contributed by atoms with van der Waals surface area (Å²) in [5, 5.41) is 13.7. The van der Waals surface area contributed by atoms with Gasteiger partial charge in [0, 0.05) is 10.6 Å². The molecule has 1 aromatic heterocycles. The zero-order valence-corrected chi connectivity index (χ0v) is 11.2. The number of anilines is 1. The minimum absolute atomic E-state index is 0.106. The van der Waals surface area contributed by atoms with E-state index < -0.39 is 0 Å². The van der Waals surface area contributed by atoms with Crippen LogP contribution in [0.2, 0.25) is 0 Å². The zero-order valence-electron chi connectivity index (χ0n) is 10.4. The molecule has 94 valence electrons. The molecule has 4 heteroatoms. The summed E-state index contributed by atoms with van der Waals surface area (Å²) in [4.78, 5) is 12.9. The molecule has 3 nitrogen and oxygen atoms in total. The van der Waals surface area contributed by atoms with Crippen LogP contribution in [0.1, 0.15) is 10.4 Å². The number of nitriles is 1. The van der Waals surface area contributed by atoms with Crippen LogP contribution in [0.4, 0.5) is 5.69 Å². The maximum Gasteiger partial charge on any atom is 0.266 e. The number of rotatable bonds is 3. The van der Waals surface area contributed by atoms with E-state index in [1.807, 2.05) is 42.6 Å². The second kappa shape index (κ2) is 5.98. The highest BCUT2D eigenvalue weighted by atomic mass is 32.1. The van der Waals surface area contributed by atoms with Gasteiger partial charge in [-0.15, -0.1) is 11.3 Å². The van der Waals surface area contributed by atoms with Crippen LogP contribution in [0.25, 0.3) is 6.08 Å². The number of nitrogens with zero attached hydrogens (tertiary/aromatic N) is 1. The first-order valence-corrected chi connectivity index (χ1v) is 6.61. The Kier molecular flexibility index (Phi) is 4.11. The minimum Gasteiger partial charge on any atom is -0.321 e. The number of para-hydroxylation sites is 1. The van der Waals surface area contributed by atoms with Gasteiger partial charge in [0.1, 0.15) is 11.6 Å². The van der Waals surface area contributed by atoms with E-state index in [0.717, 1.165) is 10.4 Å². The molecule has 0 unspecified atom stereocenters. The number of amides is 1. The van der Waals surface area contributed by atoms with Gasteiger partial charge in [0.2, 0.25) is 0 Å². The van der Waals surface area contributed by atoms with Crippen LogP contribution in [0.3, 0.4) is 0 Å². The molecule has 0 atom stereocenters. The molecule has 0 saturated heterocycles. The van der Waals surface area contributed by atoms with Crippen molar-refractivity contribution < 1.29 is 4.79 Å². The van der Waals surface area contributed by atoms with Crippen molar-refractivity contribution in [3.63, 3.8) is 0 Å². The summed E-state index contributed by atoms with van der Waals surface area (Å²) in [6, 6.07) is 13.0. The molecule has 0 saturated carbocycles. The summed E-state index contributed by atoms with van der Waals surface area (Å²) in [6.45, 7) is 1.95. The van der Waals surface area contributed by atoms with Crippen molar-refractivity contribution in [2.24, 2.45) is 0 Å². The number of thiophene rings is 1. The smallest absolute Gasteiger partial charge is 0.266 e. The average Bonchev–Trinajstić information content (AvgIpc) is 2.82. The number of carbonyl (C=O) groups is 1. The van der Waals surface area contributed by atoms with Gasteiger partial charge in [-0.2, -0.15) is 5.26 Å². The third-order valence-electron chi connectivity index (χ3n) is 2.57. The predicted molar refractivity (Wildman–Crippen MR) is 77.7 cm³/mol. The highest BCUT2D eigenvalue weighted by Gasteiger charge is 2.10. The predicted octanol–water partition coefficient (Wildman–Crippen LogP) is 3.60. The molecule has 19 heavy (non-hydrogen) atoms. The second-order valence-corrected chi connectivity index (χ2v) is 4.91. The van der Waals surface area contributed by atoms with E-state index in [0.29, 0.717) is 5.69 Å². The van der Waals surface area contributed by atoms with Crippen molar-refractivity contribution in [1.82, 2.24) is 0 Å². The summed E-state index contributed by atoms with van der Waals surface area (Å²) in [5.41, 5.74) is 1.84. The molecule has 0 aliphatic rings. The first-order valence-electron chi connectivity index (χ1n) is 5.73. The van der Waals surface area contributed by atoms with Gasteiger partial charge in [-0.25, -0.2) is 0 Å². The lowest BCUT2D eigenvalue weighted by molar-refractivity contribution is -0.112. The minimum atomic E-state index is -0.387. The van der Waals surface area contributed by atoms with E-state index in [9.17, 15) is 4.79 Å². The molecule has 1 heterocycles. The monoisotopic (exact) mass is 268 g/mol. The molecule has 1 aromatic carbocycles. The third kappa shape index (κ3) is 3.30. The maximum atomic E-state index is 12.0. The van der Waals surface area contributed by atoms with E-state index in [1.165, 1.54) is 11.3 Å². The largest absolute Gasteiger partial charge is 0.321 e. The van der Waals surface area contributed by atoms with E-state index in [4.69, 9.17) is 5.26 Å². The first kappa shape index (κ1) is 13.1. The van der Waals surface area contributed by atoms with Crippen molar-refractivity contribution in [3.8, 4) is 6.07 Å². The highest BCUT2D eigenvalue weighted by Crippen LogP contribution is 2.19. The van der Waals surface area contributed by atoms with Gasteiger partial charge in [-0.3, -0.25) is 4.79 Å². The van der Waals surface area contributed by atoms with Crippen molar-refractivity contribution in [1.29, 1.82) is 5.26 Å². The van der Waals surface area contributed by atoms with E-state index in [2.05, 4.69) is 5.32 Å². The van der Waals surface area contributed by atoms with Gasteiger partial charge in [-0.1, -0.05) is 18.2 Å². The fraction of sp³-hybridized carbons (Fsp3) is 0.0667. The summed E-state index contributed by atoms with van der Waals surface area (Å²) in [7, 11) is 0. The standard InChI is InChI=1S/C15H12N2OS/c1-11-7-8-19-14(11)9-12(10-16)15(18)17-13-5-3-2-4-6-13/h2-9H,1H3,(H,17,18)/b12-9-. The molecular weight excluding hydrogens is 256 g/mol. The van der Waals surface area contributed by atoms with Crippen molar-refractivity contribution in [3.05, 3.63) is 57.8 Å². The fourth-order valence-corrected chi connectivity index (χ4v) is 2.39. The molecule has 0 fully saturated rings. The molecule has 2 rings (SSSR count). The molecule has 1 N–H and O–H groups in total. The molecule has 0 aliphatic heterocycles. The zero-order chi connectivity index (χ0) is 13.7. The second-order valence-electron chi connectivity index (χ2n) is 3.96. The van der Waals surface area contributed by atoms with E-state index >= 15 is 0 Å². The number of nitrogens with one attached hydrogen (secondary N) is 1. The van der Waals surface area contributed by atoms with Crippen molar-refractivity contribution in [2.75, 3.05) is 5.32 Å². The Morgan fingerprint density at radius 2 is 2.05 bits per heavy atom. The quantitative estimate of drug-likeness (QED) is 0.683. The number of benzene rings is 1. The van der Waals surface area contributed by atoms with Crippen LogP contribution in [-0.2, 0) is 4.79 Å². The Balaban J connectivity index is 2.19. The van der Waals surface area contributed by atoms with Gasteiger partial charge in [-0.05, 0) is 42.1 Å². The molecular formula is C15H12N2OS. The first-order chi connectivity index (χ1) is 9.20. The Bertz CT molecular complexity index is 650. The van der Waals surface area contributed by atoms with Crippen LogP contribution < -0.4 is 5.32 Å². The number of carbonyl (C=O) groups excluding carboxylic acids is 1. The Hall–Kier alpha value is -2.38. The van der Waals surface area contributed by atoms with Crippen LogP contribution >= 0.6 is 11.3 Å². The third-order valence-corrected chi connectivity index (χ3v) is 3.54. The molecule has 0 bridgehead atoms. The fourth-order valence-electron chi connectivity index (χ4n) is 1.53. The summed E-state index contributed by atoms with van der Waals surface area (Å²) in [6.07, 6.45) is 1.62. The van der Waals surface area contributed by atoms with Gasteiger partial charge < -0.3 is 5.32 Å². The SMILES string of the molecule is Cc1ccsc1/C=C(/C#N)C(=O)Nc1ccccc1. The topological polar surface area (TPSA) is 52.9 Å². The summed E-state index contributed by atoms with van der Waals surface area (Å²) >= 11 is 1.51. The molecule has 0 spiro atoms. The lowest BCUT2D eigenvalue weighted by atomic mass is 10.2. The summed E-state index contributed by atoms with van der Waals surface area (Å²) in [5.74, 6) is -0.387. The normalized spacial score (nSPS) is 10.8. The lowest BCUT2D eigenvalue weighted by Gasteiger charge is -2.03. The highest BCUT2D eigenvalue weighted by molar-refractivity contribution is 7.11. The van der Waals surface area contributed by atoms with Gasteiger partial charge in [0.15, 0.2) is 0 Å². The number of hydrogen-bond donors (Lipinski definition) is 1. The van der Waals surface area contributed by atoms with Gasteiger partial charge >= 0.3 is 0 Å². The Morgan fingerprint density at radius 3 is 2.63 bits per heavy atom. The van der Waals surface area contributed by atoms with Crippen LogP contribution in [-0.4, -0.2) is 5.91 Å². The van der Waals surface area contributed by atoms with Crippen LogP contribution in [0.15, 0.2) is 47.4 Å².